The van der Waals surface area contributed by atoms with E-state index in [1.807, 2.05) is 0 Å². The van der Waals surface area contributed by atoms with E-state index >= 15 is 0 Å². The number of carbonyl (C=O) groups excluding carboxylic acids is 3. The standard InChI is InChI=1S/C44H84O6/c1-4-7-10-13-16-19-20-21-22-23-26-28-31-34-37-43(46)49-40-41(50-44(47)38-35-32-29-25-18-15-12-9-6-3)39-48-42(45)36-33-30-27-24-17-14-11-8-5-2/h41H,4-40H2,1-3H3/t41-/m0/s1. The number of ether oxygens (including phenoxy) is 3. The largest absolute Gasteiger partial charge is 0.462 e. The van der Waals surface area contributed by atoms with E-state index in [4.69, 9.17) is 14.2 Å². The van der Waals surface area contributed by atoms with Gasteiger partial charge in [0.1, 0.15) is 13.2 Å². The number of hydrogen-bond acceptors (Lipinski definition) is 6. The van der Waals surface area contributed by atoms with Gasteiger partial charge < -0.3 is 14.2 Å². The van der Waals surface area contributed by atoms with Gasteiger partial charge in [0.15, 0.2) is 6.10 Å². The second-order valence-electron chi connectivity index (χ2n) is 15.0. The van der Waals surface area contributed by atoms with Crippen LogP contribution in [-0.2, 0) is 28.6 Å². The van der Waals surface area contributed by atoms with Crippen molar-refractivity contribution in [1.29, 1.82) is 0 Å². The van der Waals surface area contributed by atoms with Gasteiger partial charge in [-0.3, -0.25) is 14.4 Å². The molecule has 50 heavy (non-hydrogen) atoms. The highest BCUT2D eigenvalue weighted by Gasteiger charge is 2.19. The molecule has 0 aromatic carbocycles. The molecule has 0 radical (unpaired) electrons. The average molecular weight is 709 g/mol. The van der Waals surface area contributed by atoms with Gasteiger partial charge in [0.2, 0.25) is 0 Å². The van der Waals surface area contributed by atoms with E-state index in [9.17, 15) is 14.4 Å². The SMILES string of the molecule is CCCCCCCCCCCCCCCCC(=O)OC[C@H](COC(=O)CCCCCCCCCCC)OC(=O)CCCCCCCCCCC. The Hall–Kier alpha value is -1.59. The second-order valence-corrected chi connectivity index (χ2v) is 15.0. The number of hydrogen-bond donors (Lipinski definition) is 0. The fourth-order valence-corrected chi connectivity index (χ4v) is 6.50. The van der Waals surface area contributed by atoms with Crippen LogP contribution in [0.3, 0.4) is 0 Å². The smallest absolute Gasteiger partial charge is 0.306 e. The summed E-state index contributed by atoms with van der Waals surface area (Å²) in [6.45, 7) is 6.61. The molecule has 0 fully saturated rings. The molecule has 0 aliphatic carbocycles. The molecule has 0 rings (SSSR count). The third kappa shape index (κ3) is 37.7. The molecule has 1 atom stereocenters. The Balaban J connectivity index is 4.27. The molecule has 0 aliphatic heterocycles. The average Bonchev–Trinajstić information content (AvgIpc) is 3.11. The Morgan fingerprint density at radius 3 is 0.800 bits per heavy atom. The number of esters is 3. The van der Waals surface area contributed by atoms with E-state index in [1.165, 1.54) is 148 Å². The van der Waals surface area contributed by atoms with Crippen LogP contribution in [0, 0.1) is 0 Å². The molecule has 296 valence electrons. The maximum absolute atomic E-state index is 12.6. The minimum Gasteiger partial charge on any atom is -0.462 e. The Bertz CT molecular complexity index is 738. The van der Waals surface area contributed by atoms with Gasteiger partial charge in [-0.25, -0.2) is 0 Å². The molecule has 0 aromatic heterocycles. The summed E-state index contributed by atoms with van der Waals surface area (Å²) in [5.74, 6) is -0.859. The van der Waals surface area contributed by atoms with Crippen LogP contribution in [0.15, 0.2) is 0 Å². The zero-order valence-electron chi connectivity index (χ0n) is 33.7. The van der Waals surface area contributed by atoms with Gasteiger partial charge in [-0.05, 0) is 19.3 Å². The highest BCUT2D eigenvalue weighted by Crippen LogP contribution is 2.15. The first-order chi connectivity index (χ1) is 24.5. The molecule has 0 heterocycles. The molecule has 6 heteroatoms. The molecule has 0 saturated heterocycles. The highest BCUT2D eigenvalue weighted by atomic mass is 16.6. The van der Waals surface area contributed by atoms with E-state index < -0.39 is 6.10 Å². The Labute approximate surface area is 310 Å². The van der Waals surface area contributed by atoms with Crippen molar-refractivity contribution in [2.75, 3.05) is 13.2 Å². The van der Waals surface area contributed by atoms with Crippen molar-refractivity contribution in [2.24, 2.45) is 0 Å². The summed E-state index contributed by atoms with van der Waals surface area (Å²) < 4.78 is 16.6. The summed E-state index contributed by atoms with van der Waals surface area (Å²) in [6.07, 6.45) is 39.4. The van der Waals surface area contributed by atoms with E-state index in [1.54, 1.807) is 0 Å². The topological polar surface area (TPSA) is 78.9 Å². The highest BCUT2D eigenvalue weighted by molar-refractivity contribution is 5.71. The molecule has 0 spiro atoms. The molecule has 0 saturated carbocycles. The van der Waals surface area contributed by atoms with Crippen LogP contribution >= 0.6 is 0 Å². The van der Waals surface area contributed by atoms with Crippen LogP contribution in [0.2, 0.25) is 0 Å². The summed E-state index contributed by atoms with van der Waals surface area (Å²) in [4.78, 5) is 37.5. The predicted octanol–water partition coefficient (Wildman–Crippen LogP) is 13.7. The van der Waals surface area contributed by atoms with E-state index in [0.29, 0.717) is 19.3 Å². The lowest BCUT2D eigenvalue weighted by molar-refractivity contribution is -0.167. The Morgan fingerprint density at radius 1 is 0.320 bits per heavy atom. The van der Waals surface area contributed by atoms with Gasteiger partial charge in [-0.15, -0.1) is 0 Å². The van der Waals surface area contributed by atoms with Gasteiger partial charge in [-0.2, -0.15) is 0 Å². The summed E-state index contributed by atoms with van der Waals surface area (Å²) in [7, 11) is 0. The summed E-state index contributed by atoms with van der Waals surface area (Å²) in [6, 6.07) is 0. The van der Waals surface area contributed by atoms with Gasteiger partial charge in [0, 0.05) is 19.3 Å². The lowest BCUT2D eigenvalue weighted by atomic mass is 10.0. The fourth-order valence-electron chi connectivity index (χ4n) is 6.50. The lowest BCUT2D eigenvalue weighted by Gasteiger charge is -2.18. The van der Waals surface area contributed by atoms with E-state index in [-0.39, 0.29) is 31.1 Å². The molecule has 0 unspecified atom stereocenters. The predicted molar refractivity (Wildman–Crippen MR) is 210 cm³/mol. The number of unbranched alkanes of at least 4 members (excludes halogenated alkanes) is 29. The van der Waals surface area contributed by atoms with Crippen LogP contribution in [0.1, 0.15) is 245 Å². The van der Waals surface area contributed by atoms with Crippen molar-refractivity contribution >= 4 is 17.9 Å². The third-order valence-electron chi connectivity index (χ3n) is 9.86. The molecule has 0 bridgehead atoms. The van der Waals surface area contributed by atoms with Gasteiger partial charge in [-0.1, -0.05) is 207 Å². The van der Waals surface area contributed by atoms with Crippen molar-refractivity contribution in [3.8, 4) is 0 Å². The zero-order valence-corrected chi connectivity index (χ0v) is 33.7. The first-order valence-electron chi connectivity index (χ1n) is 22.0. The molecule has 6 nitrogen and oxygen atoms in total. The first kappa shape index (κ1) is 48.4. The fraction of sp³-hybridized carbons (Fsp3) is 0.932. The van der Waals surface area contributed by atoms with Gasteiger partial charge >= 0.3 is 17.9 Å². The van der Waals surface area contributed by atoms with Crippen LogP contribution in [0.25, 0.3) is 0 Å². The molecular formula is C44H84O6. The lowest BCUT2D eigenvalue weighted by Crippen LogP contribution is -2.30. The monoisotopic (exact) mass is 709 g/mol. The van der Waals surface area contributed by atoms with Crippen molar-refractivity contribution in [3.05, 3.63) is 0 Å². The third-order valence-corrected chi connectivity index (χ3v) is 9.86. The molecule has 0 aromatic rings. The first-order valence-corrected chi connectivity index (χ1v) is 22.0. The van der Waals surface area contributed by atoms with Gasteiger partial charge in [0.25, 0.3) is 0 Å². The molecule has 0 amide bonds. The van der Waals surface area contributed by atoms with Crippen molar-refractivity contribution < 1.29 is 28.6 Å². The maximum atomic E-state index is 12.6. The minimum atomic E-state index is -0.756. The minimum absolute atomic E-state index is 0.0632. The van der Waals surface area contributed by atoms with Crippen LogP contribution in [0.4, 0.5) is 0 Å². The van der Waals surface area contributed by atoms with Crippen LogP contribution in [0.5, 0.6) is 0 Å². The number of rotatable bonds is 40. The van der Waals surface area contributed by atoms with Crippen molar-refractivity contribution in [1.82, 2.24) is 0 Å². The van der Waals surface area contributed by atoms with Crippen LogP contribution < -0.4 is 0 Å². The summed E-state index contributed by atoms with van der Waals surface area (Å²) in [5.41, 5.74) is 0. The number of carbonyl (C=O) groups is 3. The van der Waals surface area contributed by atoms with Crippen molar-refractivity contribution in [2.45, 2.75) is 252 Å². The summed E-state index contributed by atoms with van der Waals surface area (Å²) in [5, 5.41) is 0. The molecule has 0 aliphatic rings. The zero-order chi connectivity index (χ0) is 36.6. The quantitative estimate of drug-likeness (QED) is 0.0358. The second kappa shape index (κ2) is 40.2. The maximum Gasteiger partial charge on any atom is 0.306 e. The van der Waals surface area contributed by atoms with Crippen molar-refractivity contribution in [3.63, 3.8) is 0 Å². The molecular weight excluding hydrogens is 624 g/mol. The Morgan fingerprint density at radius 2 is 0.540 bits per heavy atom. The van der Waals surface area contributed by atoms with Gasteiger partial charge in [0.05, 0.1) is 0 Å². The normalized spacial score (nSPS) is 11.8. The molecule has 0 N–H and O–H groups in total. The van der Waals surface area contributed by atoms with E-state index in [2.05, 4.69) is 20.8 Å². The van der Waals surface area contributed by atoms with Crippen LogP contribution in [-0.4, -0.2) is 37.2 Å². The Kier molecular flexibility index (Phi) is 38.9. The van der Waals surface area contributed by atoms with E-state index in [0.717, 1.165) is 57.8 Å². The summed E-state index contributed by atoms with van der Waals surface area (Å²) >= 11 is 0.